The number of nitrogens with zero attached hydrogens (tertiary/aromatic N) is 4. The lowest BCUT2D eigenvalue weighted by Gasteiger charge is -2.21. The second-order valence-electron chi connectivity index (χ2n) is 6.69. The number of aromatic nitrogens is 3. The van der Waals surface area contributed by atoms with E-state index in [9.17, 15) is 13.2 Å². The summed E-state index contributed by atoms with van der Waals surface area (Å²) in [4.78, 5) is 13.2. The lowest BCUT2D eigenvalue weighted by atomic mass is 10.2. The van der Waals surface area contributed by atoms with Crippen molar-refractivity contribution in [2.24, 2.45) is 0 Å². The molecule has 0 fully saturated rings. The molecule has 0 aliphatic carbocycles. The third kappa shape index (κ3) is 5.78. The largest absolute Gasteiger partial charge is 0.493 e. The van der Waals surface area contributed by atoms with Crippen molar-refractivity contribution in [3.05, 3.63) is 79.1 Å². The molecule has 11 heteroatoms. The van der Waals surface area contributed by atoms with Crippen LogP contribution in [0.25, 0.3) is 5.69 Å². The normalized spacial score (nSPS) is 11.3. The van der Waals surface area contributed by atoms with Gasteiger partial charge in [0.2, 0.25) is 10.0 Å². The van der Waals surface area contributed by atoms with Gasteiger partial charge in [-0.25, -0.2) is 13.9 Å². The molecule has 10 nitrogen and oxygen atoms in total. The molecular weight excluding hydrogens is 434 g/mol. The van der Waals surface area contributed by atoms with Crippen LogP contribution in [0.4, 0.5) is 0 Å². The molecule has 0 spiro atoms. The van der Waals surface area contributed by atoms with Crippen LogP contribution in [0.15, 0.2) is 78.5 Å². The molecule has 1 heterocycles. The highest BCUT2D eigenvalue weighted by atomic mass is 32.2. The number of benzene rings is 2. The molecule has 0 saturated heterocycles. The second kappa shape index (κ2) is 10.7. The van der Waals surface area contributed by atoms with Gasteiger partial charge in [0.05, 0.1) is 36.1 Å². The molecule has 0 saturated carbocycles. The van der Waals surface area contributed by atoms with Crippen LogP contribution < -0.4 is 10.2 Å². The van der Waals surface area contributed by atoms with Gasteiger partial charge in [0.1, 0.15) is 5.75 Å². The SMILES string of the molecule is C=CCCOc1ccc(S(=O)(=O)N(CC(=O)NO)Cc2ccc(-n3nccn3)cc2)cc1. The first kappa shape index (κ1) is 23.1. The van der Waals surface area contributed by atoms with Crippen LogP contribution >= 0.6 is 0 Å². The zero-order valence-corrected chi connectivity index (χ0v) is 18.0. The molecule has 0 unspecified atom stereocenters. The Labute approximate surface area is 185 Å². The lowest BCUT2D eigenvalue weighted by Crippen LogP contribution is -2.39. The van der Waals surface area contributed by atoms with E-state index in [1.54, 1.807) is 54.9 Å². The maximum absolute atomic E-state index is 13.2. The molecular formula is C21H23N5O5S. The van der Waals surface area contributed by atoms with Crippen molar-refractivity contribution < 1.29 is 23.2 Å². The quantitative estimate of drug-likeness (QED) is 0.195. The number of carbonyl (C=O) groups excluding carboxylic acids is 1. The van der Waals surface area contributed by atoms with Gasteiger partial charge >= 0.3 is 0 Å². The Balaban J connectivity index is 1.80. The first-order valence-electron chi connectivity index (χ1n) is 9.66. The molecule has 0 radical (unpaired) electrons. The third-order valence-corrected chi connectivity index (χ3v) is 6.25. The van der Waals surface area contributed by atoms with Crippen molar-refractivity contribution >= 4 is 15.9 Å². The highest BCUT2D eigenvalue weighted by Crippen LogP contribution is 2.22. The van der Waals surface area contributed by atoms with Gasteiger partial charge in [-0.05, 0) is 48.4 Å². The Morgan fingerprint density at radius 2 is 1.78 bits per heavy atom. The maximum atomic E-state index is 13.2. The van der Waals surface area contributed by atoms with E-state index in [1.807, 2.05) is 0 Å². The Morgan fingerprint density at radius 3 is 2.38 bits per heavy atom. The van der Waals surface area contributed by atoms with Crippen LogP contribution in [0.3, 0.4) is 0 Å². The zero-order chi connectivity index (χ0) is 23.0. The van der Waals surface area contributed by atoms with Gasteiger partial charge in [-0.1, -0.05) is 18.2 Å². The van der Waals surface area contributed by atoms with Crippen LogP contribution in [0.1, 0.15) is 12.0 Å². The molecule has 1 aromatic heterocycles. The Morgan fingerprint density at radius 1 is 1.12 bits per heavy atom. The molecule has 0 aliphatic rings. The molecule has 3 aromatic rings. The van der Waals surface area contributed by atoms with Crippen molar-refractivity contribution in [2.45, 2.75) is 17.9 Å². The number of ether oxygens (including phenoxy) is 1. The summed E-state index contributed by atoms with van der Waals surface area (Å²) in [7, 11) is -4.04. The van der Waals surface area contributed by atoms with Crippen LogP contribution in [0.2, 0.25) is 0 Å². The average Bonchev–Trinajstić information content (AvgIpc) is 3.34. The first-order chi connectivity index (χ1) is 15.4. The summed E-state index contributed by atoms with van der Waals surface area (Å²) in [5, 5.41) is 17.0. The smallest absolute Gasteiger partial charge is 0.258 e. The second-order valence-corrected chi connectivity index (χ2v) is 8.63. The maximum Gasteiger partial charge on any atom is 0.258 e. The van der Waals surface area contributed by atoms with Crippen LogP contribution in [-0.4, -0.2) is 52.0 Å². The van der Waals surface area contributed by atoms with E-state index in [2.05, 4.69) is 16.8 Å². The van der Waals surface area contributed by atoms with E-state index in [0.717, 1.165) is 4.31 Å². The Bertz CT molecular complexity index is 1130. The predicted octanol–water partition coefficient (Wildman–Crippen LogP) is 1.92. The molecule has 0 bridgehead atoms. The monoisotopic (exact) mass is 457 g/mol. The van der Waals surface area contributed by atoms with E-state index in [4.69, 9.17) is 9.94 Å². The van der Waals surface area contributed by atoms with Gasteiger partial charge < -0.3 is 4.74 Å². The summed E-state index contributed by atoms with van der Waals surface area (Å²) < 4.78 is 32.9. The molecule has 0 atom stereocenters. The highest BCUT2D eigenvalue weighted by molar-refractivity contribution is 7.89. The fourth-order valence-electron chi connectivity index (χ4n) is 2.83. The number of amides is 1. The Kier molecular flexibility index (Phi) is 7.71. The number of sulfonamides is 1. The molecule has 0 aliphatic heterocycles. The van der Waals surface area contributed by atoms with Crippen molar-refractivity contribution in [1.29, 1.82) is 0 Å². The van der Waals surface area contributed by atoms with Crippen LogP contribution in [-0.2, 0) is 21.4 Å². The molecule has 32 heavy (non-hydrogen) atoms. The van der Waals surface area contributed by atoms with Gasteiger partial charge in [0, 0.05) is 6.54 Å². The zero-order valence-electron chi connectivity index (χ0n) is 17.2. The Hall–Kier alpha value is -3.54. The van der Waals surface area contributed by atoms with Gasteiger partial charge in [-0.3, -0.25) is 10.0 Å². The number of rotatable bonds is 11. The third-order valence-electron chi connectivity index (χ3n) is 4.44. The van der Waals surface area contributed by atoms with Gasteiger partial charge in [0.15, 0.2) is 0 Å². The van der Waals surface area contributed by atoms with Gasteiger partial charge in [-0.15, -0.1) is 6.58 Å². The number of carbonyl (C=O) groups is 1. The fraction of sp³-hybridized carbons (Fsp3) is 0.190. The lowest BCUT2D eigenvalue weighted by molar-refractivity contribution is -0.129. The number of hydroxylamine groups is 1. The van der Waals surface area contributed by atoms with E-state index in [-0.39, 0.29) is 11.4 Å². The minimum absolute atomic E-state index is 0.00308. The minimum atomic E-state index is -4.04. The predicted molar refractivity (Wildman–Crippen MR) is 116 cm³/mol. The van der Waals surface area contributed by atoms with Crippen molar-refractivity contribution in [3.63, 3.8) is 0 Å². The van der Waals surface area contributed by atoms with Crippen molar-refractivity contribution in [3.8, 4) is 11.4 Å². The number of hydrogen-bond donors (Lipinski definition) is 2. The summed E-state index contributed by atoms with van der Waals surface area (Å²) in [5.41, 5.74) is 2.82. The minimum Gasteiger partial charge on any atom is -0.493 e. The summed E-state index contributed by atoms with van der Waals surface area (Å²) in [6, 6.07) is 12.8. The molecule has 2 N–H and O–H groups in total. The molecule has 168 valence electrons. The summed E-state index contributed by atoms with van der Waals surface area (Å²) in [6.45, 7) is 3.41. The van der Waals surface area contributed by atoms with Crippen LogP contribution in [0, 0.1) is 0 Å². The molecule has 1 amide bonds. The van der Waals surface area contributed by atoms with Gasteiger partial charge in [0.25, 0.3) is 5.91 Å². The fourth-order valence-corrected chi connectivity index (χ4v) is 4.21. The summed E-state index contributed by atoms with van der Waals surface area (Å²) in [5.74, 6) is -0.330. The summed E-state index contributed by atoms with van der Waals surface area (Å²) >= 11 is 0. The van der Waals surface area contributed by atoms with E-state index >= 15 is 0 Å². The molecule has 3 rings (SSSR count). The highest BCUT2D eigenvalue weighted by Gasteiger charge is 2.27. The van der Waals surface area contributed by atoms with E-state index in [1.165, 1.54) is 22.4 Å². The van der Waals surface area contributed by atoms with E-state index < -0.39 is 22.5 Å². The average molecular weight is 458 g/mol. The molecule has 2 aromatic carbocycles. The van der Waals surface area contributed by atoms with Crippen LogP contribution in [0.5, 0.6) is 5.75 Å². The first-order valence-corrected chi connectivity index (χ1v) is 11.1. The number of nitrogens with one attached hydrogen (secondary N) is 1. The van der Waals surface area contributed by atoms with Gasteiger partial charge in [-0.2, -0.15) is 19.3 Å². The topological polar surface area (TPSA) is 127 Å². The van der Waals surface area contributed by atoms with Crippen molar-refractivity contribution in [2.75, 3.05) is 13.2 Å². The van der Waals surface area contributed by atoms with Crippen molar-refractivity contribution in [1.82, 2.24) is 24.8 Å². The van der Waals surface area contributed by atoms with E-state index in [0.29, 0.717) is 30.0 Å². The number of hydrogen-bond acceptors (Lipinski definition) is 7. The summed E-state index contributed by atoms with van der Waals surface area (Å²) in [6.07, 6.45) is 5.48. The standard InChI is InChI=1S/C21H23N5O5S/c1-2-3-14-31-19-8-10-20(11-9-19)32(29,30)25(16-21(27)24-28)15-17-4-6-18(7-5-17)26-22-12-13-23-26/h2,4-13,28H,1,3,14-16H2,(H,24,27).